The van der Waals surface area contributed by atoms with Crippen LogP contribution in [-0.4, -0.2) is 10.9 Å². The van der Waals surface area contributed by atoms with Crippen molar-refractivity contribution < 1.29 is 9.32 Å². The van der Waals surface area contributed by atoms with Gasteiger partial charge in [0.25, 0.3) is 0 Å². The molecule has 0 aliphatic heterocycles. The number of carbonyl (C=O) groups is 1. The van der Waals surface area contributed by atoms with E-state index in [1.165, 1.54) is 5.56 Å². The second-order valence-electron chi connectivity index (χ2n) is 3.86. The van der Waals surface area contributed by atoms with Crippen molar-refractivity contribution in [3.8, 4) is 0 Å². The Hall–Kier alpha value is -1.90. The van der Waals surface area contributed by atoms with Gasteiger partial charge >= 0.3 is 0 Å². The van der Waals surface area contributed by atoms with Gasteiger partial charge in [0.15, 0.2) is 0 Å². The first-order valence-corrected chi connectivity index (χ1v) is 5.21. The van der Waals surface area contributed by atoms with Crippen LogP contribution in [0.5, 0.6) is 0 Å². The maximum absolute atomic E-state index is 11.7. The van der Waals surface area contributed by atoms with Crippen LogP contribution >= 0.6 is 0 Å². The van der Waals surface area contributed by atoms with Crippen LogP contribution in [0, 0.1) is 6.92 Å². The molecule has 0 spiro atoms. The van der Waals surface area contributed by atoms with Gasteiger partial charge in [-0.1, -0.05) is 35.0 Å². The summed E-state index contributed by atoms with van der Waals surface area (Å²) in [6.45, 7) is 2.03. The molecule has 1 aromatic carbocycles. The van der Waals surface area contributed by atoms with Crippen LogP contribution in [0.3, 0.4) is 0 Å². The van der Waals surface area contributed by atoms with Crippen molar-refractivity contribution in [2.45, 2.75) is 19.8 Å². The van der Waals surface area contributed by atoms with E-state index in [-0.39, 0.29) is 5.78 Å². The molecule has 0 saturated heterocycles. The number of rotatable bonds is 4. The van der Waals surface area contributed by atoms with E-state index in [2.05, 4.69) is 5.16 Å². The van der Waals surface area contributed by atoms with Gasteiger partial charge in [-0.15, -0.1) is 0 Å². The summed E-state index contributed by atoms with van der Waals surface area (Å²) in [5.74, 6) is 0.762. The molecule has 0 fully saturated rings. The third-order valence-electron chi connectivity index (χ3n) is 2.38. The largest absolute Gasteiger partial charge is 0.361 e. The molecule has 0 atom stereocenters. The molecule has 0 N–H and O–H groups in total. The molecule has 0 unspecified atom stereocenters. The van der Waals surface area contributed by atoms with Crippen LogP contribution in [0.4, 0.5) is 0 Å². The molecule has 2 aromatic rings. The van der Waals surface area contributed by atoms with E-state index in [0.717, 1.165) is 5.56 Å². The van der Waals surface area contributed by atoms with E-state index in [9.17, 15) is 4.79 Å². The van der Waals surface area contributed by atoms with Gasteiger partial charge in [-0.25, -0.2) is 0 Å². The molecular formula is C13H13NO2. The highest BCUT2D eigenvalue weighted by Gasteiger charge is 2.07. The van der Waals surface area contributed by atoms with E-state index >= 15 is 0 Å². The monoisotopic (exact) mass is 215 g/mol. The van der Waals surface area contributed by atoms with Gasteiger partial charge in [0, 0.05) is 12.5 Å². The Kier molecular flexibility index (Phi) is 3.15. The van der Waals surface area contributed by atoms with Crippen molar-refractivity contribution in [2.75, 3.05) is 0 Å². The van der Waals surface area contributed by atoms with Crippen molar-refractivity contribution in [3.05, 3.63) is 53.4 Å². The highest BCUT2D eigenvalue weighted by Crippen LogP contribution is 2.07. The van der Waals surface area contributed by atoms with Gasteiger partial charge in [-0.2, -0.15) is 0 Å². The number of hydrogen-bond donors (Lipinski definition) is 0. The van der Waals surface area contributed by atoms with Crippen molar-refractivity contribution in [1.29, 1.82) is 0 Å². The van der Waals surface area contributed by atoms with Gasteiger partial charge < -0.3 is 4.52 Å². The first kappa shape index (κ1) is 10.6. The van der Waals surface area contributed by atoms with Crippen molar-refractivity contribution in [2.24, 2.45) is 0 Å². The highest BCUT2D eigenvalue weighted by atomic mass is 16.5. The normalized spacial score (nSPS) is 10.3. The van der Waals surface area contributed by atoms with E-state index < -0.39 is 0 Å². The Balaban J connectivity index is 1.95. The minimum absolute atomic E-state index is 0.139. The number of aryl methyl sites for hydroxylation is 1. The van der Waals surface area contributed by atoms with Gasteiger partial charge in [-0.3, -0.25) is 4.79 Å². The summed E-state index contributed by atoms with van der Waals surface area (Å²) in [4.78, 5) is 11.7. The molecule has 3 nitrogen and oxygen atoms in total. The molecule has 1 aromatic heterocycles. The third-order valence-corrected chi connectivity index (χ3v) is 2.38. The number of Topliss-reactive ketones (excluding diaryl/α,β-unsaturated/α-hetero) is 1. The zero-order valence-electron chi connectivity index (χ0n) is 9.14. The standard InChI is InChI=1S/C13H13NO2/c1-10-2-4-11(5-3-10)8-12(15)9-13-6-7-14-16-13/h2-7H,8-9H2,1H3. The van der Waals surface area contributed by atoms with Crippen LogP contribution in [0.25, 0.3) is 0 Å². The fraction of sp³-hybridized carbons (Fsp3) is 0.231. The smallest absolute Gasteiger partial charge is 0.144 e. The summed E-state index contributed by atoms with van der Waals surface area (Å²) in [6.07, 6.45) is 2.31. The molecule has 3 heteroatoms. The highest BCUT2D eigenvalue weighted by molar-refractivity contribution is 5.82. The Morgan fingerprint density at radius 3 is 2.56 bits per heavy atom. The first-order chi connectivity index (χ1) is 7.74. The molecular weight excluding hydrogens is 202 g/mol. The molecule has 82 valence electrons. The average molecular weight is 215 g/mol. The van der Waals surface area contributed by atoms with Crippen LogP contribution in [-0.2, 0) is 17.6 Å². The average Bonchev–Trinajstić information content (AvgIpc) is 2.74. The topological polar surface area (TPSA) is 43.1 Å². The number of carbonyl (C=O) groups excluding carboxylic acids is 1. The van der Waals surface area contributed by atoms with Crippen LogP contribution < -0.4 is 0 Å². The molecule has 0 bridgehead atoms. The predicted octanol–water partition coefficient (Wildman–Crippen LogP) is 2.34. The van der Waals surface area contributed by atoms with Crippen molar-refractivity contribution >= 4 is 5.78 Å². The quantitative estimate of drug-likeness (QED) is 0.786. The zero-order valence-corrected chi connectivity index (χ0v) is 9.14. The fourth-order valence-electron chi connectivity index (χ4n) is 1.52. The Morgan fingerprint density at radius 1 is 1.19 bits per heavy atom. The van der Waals surface area contributed by atoms with E-state index in [4.69, 9.17) is 4.52 Å². The summed E-state index contributed by atoms with van der Waals surface area (Å²) in [5, 5.41) is 3.57. The Labute approximate surface area is 94.1 Å². The number of aromatic nitrogens is 1. The number of benzene rings is 1. The number of nitrogens with zero attached hydrogens (tertiary/aromatic N) is 1. The molecule has 16 heavy (non-hydrogen) atoms. The summed E-state index contributed by atoms with van der Waals surface area (Å²) in [5.41, 5.74) is 2.24. The predicted molar refractivity (Wildman–Crippen MR) is 60.1 cm³/mol. The lowest BCUT2D eigenvalue weighted by atomic mass is 10.0. The van der Waals surface area contributed by atoms with Crippen molar-refractivity contribution in [1.82, 2.24) is 5.16 Å². The van der Waals surface area contributed by atoms with Crippen LogP contribution in [0.2, 0.25) is 0 Å². The molecule has 2 rings (SSSR count). The van der Waals surface area contributed by atoms with E-state index in [1.807, 2.05) is 31.2 Å². The summed E-state index contributed by atoms with van der Waals surface area (Å²) < 4.78 is 4.89. The summed E-state index contributed by atoms with van der Waals surface area (Å²) >= 11 is 0. The molecule has 0 aliphatic rings. The molecule has 1 heterocycles. The lowest BCUT2D eigenvalue weighted by Gasteiger charge is -2.00. The molecule has 0 aliphatic carbocycles. The van der Waals surface area contributed by atoms with Gasteiger partial charge in [-0.05, 0) is 12.5 Å². The molecule has 0 amide bonds. The minimum Gasteiger partial charge on any atom is -0.361 e. The van der Waals surface area contributed by atoms with E-state index in [0.29, 0.717) is 18.6 Å². The molecule has 0 radical (unpaired) electrons. The van der Waals surface area contributed by atoms with Gasteiger partial charge in [0.1, 0.15) is 11.5 Å². The van der Waals surface area contributed by atoms with Crippen molar-refractivity contribution in [3.63, 3.8) is 0 Å². The van der Waals surface area contributed by atoms with Crippen LogP contribution in [0.15, 0.2) is 41.1 Å². The first-order valence-electron chi connectivity index (χ1n) is 5.21. The van der Waals surface area contributed by atoms with Crippen LogP contribution in [0.1, 0.15) is 16.9 Å². The number of hydrogen-bond acceptors (Lipinski definition) is 3. The second-order valence-corrected chi connectivity index (χ2v) is 3.86. The summed E-state index contributed by atoms with van der Waals surface area (Å²) in [7, 11) is 0. The lowest BCUT2D eigenvalue weighted by Crippen LogP contribution is -2.05. The zero-order chi connectivity index (χ0) is 11.4. The van der Waals surface area contributed by atoms with E-state index in [1.54, 1.807) is 12.3 Å². The fourth-order valence-corrected chi connectivity index (χ4v) is 1.52. The third kappa shape index (κ3) is 2.79. The maximum atomic E-state index is 11.7. The molecule has 0 saturated carbocycles. The van der Waals surface area contributed by atoms with Gasteiger partial charge in [0.2, 0.25) is 0 Å². The Bertz CT molecular complexity index is 457. The lowest BCUT2D eigenvalue weighted by molar-refractivity contribution is -0.118. The number of ketones is 1. The Morgan fingerprint density at radius 2 is 1.94 bits per heavy atom. The van der Waals surface area contributed by atoms with Gasteiger partial charge in [0.05, 0.1) is 12.6 Å². The summed E-state index contributed by atoms with van der Waals surface area (Å²) in [6, 6.07) is 9.70. The minimum atomic E-state index is 0.139. The SMILES string of the molecule is Cc1ccc(CC(=O)Cc2ccno2)cc1. The second kappa shape index (κ2) is 4.75. The maximum Gasteiger partial charge on any atom is 0.144 e.